The lowest BCUT2D eigenvalue weighted by atomic mass is 10.00. The zero-order valence-corrected chi connectivity index (χ0v) is 34.4. The van der Waals surface area contributed by atoms with Gasteiger partial charge in [-0.3, -0.25) is 28.8 Å². The van der Waals surface area contributed by atoms with E-state index >= 15 is 0 Å². The van der Waals surface area contributed by atoms with Crippen molar-refractivity contribution in [3.63, 3.8) is 0 Å². The number of carboxylic acids is 1. The number of H-pyrrole nitrogens is 2. The summed E-state index contributed by atoms with van der Waals surface area (Å²) in [5, 5.41) is 22.4. The summed E-state index contributed by atoms with van der Waals surface area (Å²) < 4.78 is 5.39. The second-order valence-electron chi connectivity index (χ2n) is 15.5. The molecule has 5 amide bonds. The van der Waals surface area contributed by atoms with Crippen molar-refractivity contribution >= 4 is 74.0 Å². The highest BCUT2D eigenvalue weighted by Gasteiger charge is 2.32. The monoisotopic (exact) mass is 866 g/mol. The van der Waals surface area contributed by atoms with Crippen molar-refractivity contribution in [1.29, 1.82) is 0 Å². The summed E-state index contributed by atoms with van der Waals surface area (Å²) in [6.07, 6.45) is 2.69. The minimum absolute atomic E-state index is 0.00644. The van der Waals surface area contributed by atoms with Crippen LogP contribution in [0.3, 0.4) is 0 Å². The van der Waals surface area contributed by atoms with Gasteiger partial charge < -0.3 is 52.2 Å². The SMILES string of the molecule is NC(=O)Cc1cc(=O)oc2cc(NC(=O)C(Cc3c[nH]c4ccccc34)NC(=O)C(Cc3ccccc3)NC(=O)C(Cc3c[nH]c4ccccc34)NC(=O)C(N)CCC(=O)O)ccc12. The molecule has 0 bridgehead atoms. The maximum absolute atomic E-state index is 14.6. The number of fused-ring (bicyclic) bond motifs is 3. The maximum Gasteiger partial charge on any atom is 0.336 e. The number of aromatic amines is 2. The van der Waals surface area contributed by atoms with E-state index in [-0.39, 0.29) is 49.8 Å². The first-order chi connectivity index (χ1) is 30.8. The van der Waals surface area contributed by atoms with Gasteiger partial charge in [0.15, 0.2) is 0 Å². The summed E-state index contributed by atoms with van der Waals surface area (Å²) >= 11 is 0. The second-order valence-corrected chi connectivity index (χ2v) is 15.5. The van der Waals surface area contributed by atoms with E-state index in [0.29, 0.717) is 27.6 Å². The van der Waals surface area contributed by atoms with Crippen molar-refractivity contribution in [2.24, 2.45) is 11.5 Å². The number of benzene rings is 4. The number of anilines is 1. The summed E-state index contributed by atoms with van der Waals surface area (Å²) in [5.74, 6) is -4.62. The van der Waals surface area contributed by atoms with Gasteiger partial charge >= 0.3 is 11.6 Å². The van der Waals surface area contributed by atoms with Crippen LogP contribution in [-0.4, -0.2) is 74.7 Å². The van der Waals surface area contributed by atoms with Gasteiger partial charge in [-0.25, -0.2) is 4.79 Å². The highest BCUT2D eigenvalue weighted by Crippen LogP contribution is 2.24. The van der Waals surface area contributed by atoms with Crippen LogP contribution in [0.2, 0.25) is 0 Å². The fourth-order valence-corrected chi connectivity index (χ4v) is 7.62. The fraction of sp³-hybridized carbons (Fsp3) is 0.213. The Balaban J connectivity index is 1.19. The van der Waals surface area contributed by atoms with Crippen molar-refractivity contribution in [2.45, 2.75) is 62.7 Å². The van der Waals surface area contributed by atoms with Gasteiger partial charge in [-0.1, -0.05) is 66.7 Å². The molecule has 0 aliphatic carbocycles. The standard InChI is InChI=1S/C47H46N8O9/c48-34(16-17-42(57)58)44(60)53-39(20-29-25-51-36-13-7-5-11-32(29)36)47(63)54-37(18-26-8-2-1-3-9-26)46(62)55-38(19-28-24-50-35-12-6-4-10-31(28)35)45(61)52-30-14-15-33-27(21-41(49)56)22-43(59)64-40(33)23-30/h1-15,22-25,34,37-39,50-51H,16-21,48H2,(H2,49,56)(H,52,61)(H,53,60)(H,54,63)(H,55,62)(H,57,58). The van der Waals surface area contributed by atoms with Crippen LogP contribution in [0.5, 0.6) is 0 Å². The molecule has 7 aromatic rings. The Morgan fingerprint density at radius 3 is 1.77 bits per heavy atom. The van der Waals surface area contributed by atoms with Crippen LogP contribution in [0.1, 0.15) is 35.1 Å². The molecule has 0 radical (unpaired) electrons. The zero-order valence-electron chi connectivity index (χ0n) is 34.4. The number of amides is 5. The minimum Gasteiger partial charge on any atom is -0.481 e. The van der Waals surface area contributed by atoms with Crippen LogP contribution in [-0.2, 0) is 54.5 Å². The van der Waals surface area contributed by atoms with Crippen molar-refractivity contribution in [1.82, 2.24) is 25.9 Å². The van der Waals surface area contributed by atoms with Gasteiger partial charge in [-0.15, -0.1) is 0 Å². The summed E-state index contributed by atoms with van der Waals surface area (Å²) in [6.45, 7) is 0. The van der Waals surface area contributed by atoms with Gasteiger partial charge in [0.1, 0.15) is 23.7 Å². The Bertz CT molecular complexity index is 2920. The highest BCUT2D eigenvalue weighted by molar-refractivity contribution is 6.01. The number of primary amides is 1. The molecule has 328 valence electrons. The number of aliphatic carboxylic acids is 1. The number of para-hydroxylation sites is 2. The average Bonchev–Trinajstić information content (AvgIpc) is 3.88. The van der Waals surface area contributed by atoms with Gasteiger partial charge in [0.05, 0.1) is 12.5 Å². The molecule has 4 atom stereocenters. The summed E-state index contributed by atoms with van der Waals surface area (Å²) in [6, 6.07) is 24.5. The number of carboxylic acid groups (broad SMARTS) is 1. The summed E-state index contributed by atoms with van der Waals surface area (Å²) in [5.41, 5.74) is 15.1. The van der Waals surface area contributed by atoms with Crippen LogP contribution in [0, 0.1) is 0 Å². The molecule has 0 saturated heterocycles. The lowest BCUT2D eigenvalue weighted by molar-refractivity contribution is -0.137. The number of carbonyl (C=O) groups is 6. The zero-order chi connectivity index (χ0) is 45.3. The van der Waals surface area contributed by atoms with Gasteiger partial charge in [-0.05, 0) is 52.9 Å². The first-order valence-electron chi connectivity index (χ1n) is 20.5. The molecular weight excluding hydrogens is 821 g/mol. The van der Waals surface area contributed by atoms with Gasteiger partial charge in [-0.2, -0.15) is 0 Å². The van der Waals surface area contributed by atoms with E-state index in [0.717, 1.165) is 21.8 Å². The van der Waals surface area contributed by atoms with Crippen molar-refractivity contribution < 1.29 is 38.3 Å². The summed E-state index contributed by atoms with van der Waals surface area (Å²) in [4.78, 5) is 98.4. The van der Waals surface area contributed by atoms with Gasteiger partial charge in [0.2, 0.25) is 29.5 Å². The molecule has 7 rings (SSSR count). The number of rotatable bonds is 19. The number of hydrogen-bond acceptors (Lipinski definition) is 9. The number of nitrogens with one attached hydrogen (secondary N) is 6. The molecule has 0 fully saturated rings. The molecule has 0 aliphatic rings. The van der Waals surface area contributed by atoms with Crippen molar-refractivity contribution in [2.75, 3.05) is 5.32 Å². The predicted molar refractivity (Wildman–Crippen MR) is 239 cm³/mol. The Labute approximate surface area is 365 Å². The first kappa shape index (κ1) is 44.0. The topological polar surface area (TPSA) is 285 Å². The lowest BCUT2D eigenvalue weighted by Crippen LogP contribution is -2.58. The van der Waals surface area contributed by atoms with Gasteiger partial charge in [0, 0.05) is 83.1 Å². The molecule has 17 nitrogen and oxygen atoms in total. The normalized spacial score (nSPS) is 13.1. The Morgan fingerprint density at radius 2 is 1.17 bits per heavy atom. The van der Waals surface area contributed by atoms with Crippen LogP contribution >= 0.6 is 0 Å². The molecule has 4 aromatic carbocycles. The quantitative estimate of drug-likeness (QED) is 0.0536. The minimum atomic E-state index is -1.28. The van der Waals surface area contributed by atoms with Crippen molar-refractivity contribution in [3.8, 4) is 0 Å². The highest BCUT2D eigenvalue weighted by atomic mass is 16.4. The molecule has 0 spiro atoms. The fourth-order valence-electron chi connectivity index (χ4n) is 7.62. The number of hydrogen-bond donors (Lipinski definition) is 9. The molecule has 0 saturated carbocycles. The molecule has 3 heterocycles. The van der Waals surface area contributed by atoms with E-state index in [1.54, 1.807) is 54.9 Å². The summed E-state index contributed by atoms with van der Waals surface area (Å²) in [7, 11) is 0. The van der Waals surface area contributed by atoms with E-state index in [4.69, 9.17) is 15.9 Å². The first-order valence-corrected chi connectivity index (χ1v) is 20.5. The van der Waals surface area contributed by atoms with Gasteiger partial charge in [0.25, 0.3) is 0 Å². The second kappa shape index (κ2) is 19.8. The lowest BCUT2D eigenvalue weighted by Gasteiger charge is -2.26. The molecule has 3 aromatic heterocycles. The van der Waals surface area contributed by atoms with E-state index in [9.17, 15) is 38.7 Å². The number of nitrogens with two attached hydrogens (primary N) is 2. The average molecular weight is 867 g/mol. The molecular formula is C47H46N8O9. The van der Waals surface area contributed by atoms with E-state index < -0.39 is 65.3 Å². The third-order valence-corrected chi connectivity index (χ3v) is 10.8. The smallest absolute Gasteiger partial charge is 0.336 e. The Hall–Kier alpha value is -8.05. The third kappa shape index (κ3) is 10.9. The van der Waals surface area contributed by atoms with Crippen LogP contribution in [0.25, 0.3) is 32.8 Å². The molecule has 64 heavy (non-hydrogen) atoms. The van der Waals surface area contributed by atoms with E-state index in [1.807, 2.05) is 48.5 Å². The number of carbonyl (C=O) groups excluding carboxylic acids is 5. The molecule has 17 heteroatoms. The number of aromatic nitrogens is 2. The maximum atomic E-state index is 14.6. The predicted octanol–water partition coefficient (Wildman–Crippen LogP) is 3.10. The molecule has 4 unspecified atom stereocenters. The molecule has 0 aliphatic heterocycles. The Kier molecular flexibility index (Phi) is 13.6. The van der Waals surface area contributed by atoms with E-state index in [2.05, 4.69) is 31.2 Å². The van der Waals surface area contributed by atoms with Crippen molar-refractivity contribution in [3.05, 3.63) is 148 Å². The van der Waals surface area contributed by atoms with Crippen LogP contribution in [0.15, 0.2) is 125 Å². The third-order valence-electron chi connectivity index (χ3n) is 10.8. The van der Waals surface area contributed by atoms with Crippen LogP contribution in [0.4, 0.5) is 5.69 Å². The van der Waals surface area contributed by atoms with E-state index in [1.165, 1.54) is 12.1 Å². The molecule has 11 N–H and O–H groups in total. The Morgan fingerprint density at radius 1 is 0.625 bits per heavy atom. The largest absolute Gasteiger partial charge is 0.481 e. The van der Waals surface area contributed by atoms with Crippen LogP contribution < -0.4 is 38.4 Å².